The zero-order valence-electron chi connectivity index (χ0n) is 14.1. The van der Waals surface area contributed by atoms with Gasteiger partial charge < -0.3 is 14.4 Å². The fourth-order valence-electron chi connectivity index (χ4n) is 2.91. The SMILES string of the molecule is CC1CN(C(=O)COC(=O)c2sc3cc(Cl)cc(Cl)c3c2Cl)CC(C)O1. The lowest BCUT2D eigenvalue weighted by Gasteiger charge is -2.35. The summed E-state index contributed by atoms with van der Waals surface area (Å²) in [6, 6.07) is 3.24. The van der Waals surface area contributed by atoms with Crippen molar-refractivity contribution in [2.75, 3.05) is 19.7 Å². The van der Waals surface area contributed by atoms with E-state index in [1.54, 1.807) is 17.0 Å². The third kappa shape index (κ3) is 4.10. The molecule has 0 saturated carbocycles. The molecule has 2 atom stereocenters. The summed E-state index contributed by atoms with van der Waals surface area (Å²) in [5.74, 6) is -0.926. The number of nitrogens with zero attached hydrogens (tertiary/aromatic N) is 1. The van der Waals surface area contributed by atoms with Gasteiger partial charge >= 0.3 is 5.97 Å². The molecule has 5 nitrogen and oxygen atoms in total. The maximum atomic E-state index is 12.4. The Labute approximate surface area is 169 Å². The Morgan fingerprint density at radius 2 is 1.88 bits per heavy atom. The Hall–Kier alpha value is -1.05. The van der Waals surface area contributed by atoms with Gasteiger partial charge in [0.25, 0.3) is 5.91 Å². The predicted octanol–water partition coefficient (Wildman–Crippen LogP) is 4.65. The van der Waals surface area contributed by atoms with E-state index in [-0.39, 0.29) is 34.6 Å². The van der Waals surface area contributed by atoms with Crippen molar-refractivity contribution in [3.05, 3.63) is 32.1 Å². The average molecular weight is 437 g/mol. The number of halogens is 3. The van der Waals surface area contributed by atoms with Gasteiger partial charge in [-0.1, -0.05) is 34.8 Å². The van der Waals surface area contributed by atoms with Gasteiger partial charge in [-0.3, -0.25) is 4.79 Å². The van der Waals surface area contributed by atoms with Gasteiger partial charge in [0.05, 0.1) is 22.3 Å². The smallest absolute Gasteiger partial charge is 0.350 e. The van der Waals surface area contributed by atoms with Gasteiger partial charge in [0, 0.05) is 28.2 Å². The highest BCUT2D eigenvalue weighted by Crippen LogP contribution is 2.41. The van der Waals surface area contributed by atoms with Crippen LogP contribution in [0.4, 0.5) is 0 Å². The molecule has 2 aromatic rings. The van der Waals surface area contributed by atoms with Crippen LogP contribution in [0.3, 0.4) is 0 Å². The van der Waals surface area contributed by atoms with Crippen LogP contribution in [0.25, 0.3) is 10.1 Å². The van der Waals surface area contributed by atoms with E-state index in [1.807, 2.05) is 13.8 Å². The summed E-state index contributed by atoms with van der Waals surface area (Å²) in [6.45, 7) is 4.38. The number of thiophene rings is 1. The third-order valence-electron chi connectivity index (χ3n) is 3.93. The number of benzene rings is 1. The molecule has 1 aromatic carbocycles. The molecule has 1 amide bonds. The van der Waals surface area contributed by atoms with Crippen molar-refractivity contribution in [3.63, 3.8) is 0 Å². The number of morpholine rings is 1. The summed E-state index contributed by atoms with van der Waals surface area (Å²) in [4.78, 5) is 26.5. The molecule has 0 spiro atoms. The number of rotatable bonds is 3. The number of ether oxygens (including phenoxy) is 2. The average Bonchev–Trinajstić information content (AvgIpc) is 2.88. The summed E-state index contributed by atoms with van der Waals surface area (Å²) in [5, 5.41) is 1.57. The van der Waals surface area contributed by atoms with Crippen molar-refractivity contribution in [3.8, 4) is 0 Å². The molecule has 2 heterocycles. The van der Waals surface area contributed by atoms with Crippen molar-refractivity contribution < 1.29 is 19.1 Å². The minimum atomic E-state index is -0.661. The number of hydrogen-bond acceptors (Lipinski definition) is 5. The number of amides is 1. The Kier molecular flexibility index (Phi) is 5.99. The van der Waals surface area contributed by atoms with Gasteiger partial charge in [0.1, 0.15) is 4.88 Å². The second-order valence-corrected chi connectivity index (χ2v) is 8.41. The van der Waals surface area contributed by atoms with Crippen LogP contribution in [-0.4, -0.2) is 48.7 Å². The molecule has 3 rings (SSSR count). The summed E-state index contributed by atoms with van der Waals surface area (Å²) >= 11 is 19.5. The zero-order chi connectivity index (χ0) is 19.0. The van der Waals surface area contributed by atoms with E-state index in [4.69, 9.17) is 44.3 Å². The van der Waals surface area contributed by atoms with Gasteiger partial charge in [-0.15, -0.1) is 11.3 Å². The molecule has 0 radical (unpaired) electrons. The minimum absolute atomic E-state index is 0.0534. The summed E-state index contributed by atoms with van der Waals surface area (Å²) in [6.07, 6.45) is -0.107. The lowest BCUT2D eigenvalue weighted by atomic mass is 10.2. The molecule has 1 aliphatic rings. The number of hydrogen-bond donors (Lipinski definition) is 0. The van der Waals surface area contributed by atoms with E-state index in [0.29, 0.717) is 33.2 Å². The van der Waals surface area contributed by atoms with E-state index >= 15 is 0 Å². The Morgan fingerprint density at radius 1 is 1.23 bits per heavy atom. The molecule has 1 aromatic heterocycles. The van der Waals surface area contributed by atoms with Crippen LogP contribution in [0, 0.1) is 0 Å². The van der Waals surface area contributed by atoms with Crippen molar-refractivity contribution in [1.82, 2.24) is 4.90 Å². The van der Waals surface area contributed by atoms with E-state index < -0.39 is 5.97 Å². The molecule has 0 aliphatic carbocycles. The highest BCUT2D eigenvalue weighted by molar-refractivity contribution is 7.21. The maximum Gasteiger partial charge on any atom is 0.350 e. The lowest BCUT2D eigenvalue weighted by molar-refractivity contribution is -0.146. The van der Waals surface area contributed by atoms with Crippen LogP contribution < -0.4 is 0 Å². The van der Waals surface area contributed by atoms with Crippen molar-refractivity contribution >= 4 is 68.1 Å². The molecule has 0 N–H and O–H groups in total. The fourth-order valence-corrected chi connectivity index (χ4v) is 5.17. The van der Waals surface area contributed by atoms with Crippen LogP contribution in [0.5, 0.6) is 0 Å². The Bertz CT molecular complexity index is 859. The first-order valence-electron chi connectivity index (χ1n) is 7.93. The van der Waals surface area contributed by atoms with Crippen molar-refractivity contribution in [2.45, 2.75) is 26.1 Å². The topological polar surface area (TPSA) is 55.8 Å². The first kappa shape index (κ1) is 19.7. The first-order chi connectivity index (χ1) is 12.3. The summed E-state index contributed by atoms with van der Waals surface area (Å²) in [5.41, 5.74) is 0. The van der Waals surface area contributed by atoms with Crippen LogP contribution in [-0.2, 0) is 14.3 Å². The monoisotopic (exact) mass is 435 g/mol. The first-order valence-corrected chi connectivity index (χ1v) is 9.88. The number of carbonyl (C=O) groups excluding carboxylic acids is 2. The van der Waals surface area contributed by atoms with Crippen molar-refractivity contribution in [2.24, 2.45) is 0 Å². The molecule has 26 heavy (non-hydrogen) atoms. The minimum Gasteiger partial charge on any atom is -0.451 e. The second-order valence-electron chi connectivity index (χ2n) is 6.14. The zero-order valence-corrected chi connectivity index (χ0v) is 17.1. The third-order valence-corrected chi connectivity index (χ3v) is 6.06. The molecule has 2 unspecified atom stereocenters. The van der Waals surface area contributed by atoms with Crippen LogP contribution >= 0.6 is 46.1 Å². The molecule has 9 heteroatoms. The van der Waals surface area contributed by atoms with E-state index in [1.165, 1.54) is 0 Å². The predicted molar refractivity (Wildman–Crippen MR) is 104 cm³/mol. The van der Waals surface area contributed by atoms with E-state index in [0.717, 1.165) is 11.3 Å². The highest BCUT2D eigenvalue weighted by atomic mass is 35.5. The number of carbonyl (C=O) groups is 2. The van der Waals surface area contributed by atoms with E-state index in [2.05, 4.69) is 0 Å². The molecule has 140 valence electrons. The molecular weight excluding hydrogens is 421 g/mol. The largest absolute Gasteiger partial charge is 0.451 e. The Morgan fingerprint density at radius 3 is 2.54 bits per heavy atom. The van der Waals surface area contributed by atoms with Gasteiger partial charge in [0.15, 0.2) is 6.61 Å². The van der Waals surface area contributed by atoms with E-state index in [9.17, 15) is 9.59 Å². The lowest BCUT2D eigenvalue weighted by Crippen LogP contribution is -2.49. The van der Waals surface area contributed by atoms with Gasteiger partial charge in [-0.05, 0) is 26.0 Å². The number of esters is 1. The van der Waals surface area contributed by atoms with Crippen molar-refractivity contribution in [1.29, 1.82) is 0 Å². The molecular formula is C17H16Cl3NO4S. The normalized spacial score (nSPS) is 20.4. The standard InChI is InChI=1S/C17H16Cl3NO4S/c1-8-5-21(6-9(2)25-8)13(22)7-24-17(23)16-15(20)14-11(19)3-10(18)4-12(14)26-16/h3-4,8-9H,5-7H2,1-2H3. The summed E-state index contributed by atoms with van der Waals surface area (Å²) < 4.78 is 11.4. The highest BCUT2D eigenvalue weighted by Gasteiger charge is 2.27. The molecule has 1 fully saturated rings. The second kappa shape index (κ2) is 7.90. The fraction of sp³-hybridized carbons (Fsp3) is 0.412. The molecule has 1 saturated heterocycles. The van der Waals surface area contributed by atoms with Crippen LogP contribution in [0.2, 0.25) is 15.1 Å². The van der Waals surface area contributed by atoms with Gasteiger partial charge in [-0.25, -0.2) is 4.79 Å². The Balaban J connectivity index is 1.70. The maximum absolute atomic E-state index is 12.4. The van der Waals surface area contributed by atoms with Crippen LogP contribution in [0.1, 0.15) is 23.5 Å². The quantitative estimate of drug-likeness (QED) is 0.657. The molecule has 1 aliphatic heterocycles. The molecule has 0 bridgehead atoms. The number of fused-ring (bicyclic) bond motifs is 1. The summed E-state index contributed by atoms with van der Waals surface area (Å²) in [7, 11) is 0. The van der Waals surface area contributed by atoms with Gasteiger partial charge in [0.2, 0.25) is 0 Å². The van der Waals surface area contributed by atoms with Crippen LogP contribution in [0.15, 0.2) is 12.1 Å². The van der Waals surface area contributed by atoms with Gasteiger partial charge in [-0.2, -0.15) is 0 Å².